The molecule has 19 heavy (non-hydrogen) atoms. The summed E-state index contributed by atoms with van der Waals surface area (Å²) in [5, 5.41) is 0. The average Bonchev–Trinajstić information content (AvgIpc) is 2.41. The van der Waals surface area contributed by atoms with E-state index in [0.29, 0.717) is 6.04 Å². The Kier molecular flexibility index (Phi) is 5.05. The Morgan fingerprint density at radius 1 is 1.26 bits per heavy atom. The van der Waals surface area contributed by atoms with Gasteiger partial charge in [-0.25, -0.2) is 0 Å². The predicted molar refractivity (Wildman–Crippen MR) is 79.5 cm³/mol. The van der Waals surface area contributed by atoms with Crippen molar-refractivity contribution in [3.8, 4) is 5.75 Å². The first-order chi connectivity index (χ1) is 9.19. The molecule has 1 atom stereocenters. The quantitative estimate of drug-likeness (QED) is 0.821. The van der Waals surface area contributed by atoms with Gasteiger partial charge in [0.25, 0.3) is 0 Å². The molecule has 1 fully saturated rings. The van der Waals surface area contributed by atoms with E-state index in [1.165, 1.54) is 6.54 Å². The number of anilines is 1. The molecule has 0 amide bonds. The molecule has 0 aromatic heterocycles. The van der Waals surface area contributed by atoms with Crippen molar-refractivity contribution >= 4 is 5.69 Å². The van der Waals surface area contributed by atoms with Gasteiger partial charge in [-0.2, -0.15) is 0 Å². The standard InChI is InChI=1S/C15H25N3O/c1-3-18-9-8-17(12-13(18)2)10-11-19-15-6-4-14(16)5-7-15/h4-7,13H,3,8-12,16H2,1-2H3. The molecule has 0 bridgehead atoms. The Morgan fingerprint density at radius 3 is 2.63 bits per heavy atom. The summed E-state index contributed by atoms with van der Waals surface area (Å²) >= 11 is 0. The molecule has 1 aliphatic rings. The number of likely N-dealkylation sites (N-methyl/N-ethyl adjacent to an activating group) is 1. The zero-order valence-electron chi connectivity index (χ0n) is 12.0. The minimum absolute atomic E-state index is 0.648. The first kappa shape index (κ1) is 14.2. The van der Waals surface area contributed by atoms with E-state index in [-0.39, 0.29) is 0 Å². The Hall–Kier alpha value is -1.26. The van der Waals surface area contributed by atoms with E-state index in [2.05, 4.69) is 23.6 Å². The van der Waals surface area contributed by atoms with Crippen molar-refractivity contribution in [2.45, 2.75) is 19.9 Å². The summed E-state index contributed by atoms with van der Waals surface area (Å²) in [5.41, 5.74) is 6.42. The smallest absolute Gasteiger partial charge is 0.119 e. The van der Waals surface area contributed by atoms with Crippen LogP contribution in [-0.4, -0.2) is 55.2 Å². The number of nitrogens with two attached hydrogens (primary N) is 1. The van der Waals surface area contributed by atoms with Crippen LogP contribution in [0.25, 0.3) is 0 Å². The number of rotatable bonds is 5. The highest BCUT2D eigenvalue weighted by Gasteiger charge is 2.21. The molecule has 1 unspecified atom stereocenters. The number of piperazine rings is 1. The lowest BCUT2D eigenvalue weighted by Gasteiger charge is -2.39. The van der Waals surface area contributed by atoms with Crippen molar-refractivity contribution in [2.75, 3.05) is 45.1 Å². The fraction of sp³-hybridized carbons (Fsp3) is 0.600. The molecule has 4 heteroatoms. The van der Waals surface area contributed by atoms with Gasteiger partial charge in [0.1, 0.15) is 12.4 Å². The summed E-state index contributed by atoms with van der Waals surface area (Å²) in [6.45, 7) is 10.9. The summed E-state index contributed by atoms with van der Waals surface area (Å²) in [6.07, 6.45) is 0. The number of ether oxygens (including phenoxy) is 1. The molecule has 1 aromatic carbocycles. The van der Waals surface area contributed by atoms with Gasteiger partial charge in [0.15, 0.2) is 0 Å². The second-order valence-corrected chi connectivity index (χ2v) is 5.20. The van der Waals surface area contributed by atoms with E-state index in [1.807, 2.05) is 24.3 Å². The van der Waals surface area contributed by atoms with Gasteiger partial charge in [-0.3, -0.25) is 9.80 Å². The first-order valence-electron chi connectivity index (χ1n) is 7.13. The fourth-order valence-corrected chi connectivity index (χ4v) is 2.60. The lowest BCUT2D eigenvalue weighted by Crippen LogP contribution is -2.52. The third-order valence-corrected chi connectivity index (χ3v) is 3.81. The van der Waals surface area contributed by atoms with Crippen molar-refractivity contribution in [3.05, 3.63) is 24.3 Å². The van der Waals surface area contributed by atoms with Crippen molar-refractivity contribution in [1.82, 2.24) is 9.80 Å². The fourth-order valence-electron chi connectivity index (χ4n) is 2.60. The Balaban J connectivity index is 1.70. The van der Waals surface area contributed by atoms with Crippen LogP contribution >= 0.6 is 0 Å². The van der Waals surface area contributed by atoms with Gasteiger partial charge in [0, 0.05) is 37.9 Å². The van der Waals surface area contributed by atoms with Gasteiger partial charge in [-0.15, -0.1) is 0 Å². The van der Waals surface area contributed by atoms with Gasteiger partial charge >= 0.3 is 0 Å². The summed E-state index contributed by atoms with van der Waals surface area (Å²) in [5.74, 6) is 0.898. The second kappa shape index (κ2) is 6.78. The molecule has 1 saturated heterocycles. The first-order valence-corrected chi connectivity index (χ1v) is 7.13. The Morgan fingerprint density at radius 2 is 2.00 bits per heavy atom. The number of hydrogen-bond acceptors (Lipinski definition) is 4. The summed E-state index contributed by atoms with van der Waals surface area (Å²) < 4.78 is 5.74. The second-order valence-electron chi connectivity index (χ2n) is 5.20. The highest BCUT2D eigenvalue weighted by molar-refractivity contribution is 5.41. The lowest BCUT2D eigenvalue weighted by atomic mass is 10.2. The summed E-state index contributed by atoms with van der Waals surface area (Å²) in [6, 6.07) is 8.24. The highest BCUT2D eigenvalue weighted by Crippen LogP contribution is 2.13. The van der Waals surface area contributed by atoms with Gasteiger partial charge in [0.05, 0.1) is 0 Å². The minimum atomic E-state index is 0.648. The Labute approximate surface area is 116 Å². The SMILES string of the molecule is CCN1CCN(CCOc2ccc(N)cc2)CC1C. The average molecular weight is 263 g/mol. The third-order valence-electron chi connectivity index (χ3n) is 3.81. The van der Waals surface area contributed by atoms with Crippen molar-refractivity contribution in [2.24, 2.45) is 0 Å². The van der Waals surface area contributed by atoms with E-state index < -0.39 is 0 Å². The molecule has 1 aliphatic heterocycles. The van der Waals surface area contributed by atoms with Gasteiger partial charge in [-0.05, 0) is 37.7 Å². The molecule has 0 saturated carbocycles. The van der Waals surface area contributed by atoms with E-state index in [4.69, 9.17) is 10.5 Å². The number of nitrogen functional groups attached to an aromatic ring is 1. The third kappa shape index (κ3) is 4.11. The molecule has 1 heterocycles. The maximum absolute atomic E-state index is 5.74. The molecule has 1 aromatic rings. The minimum Gasteiger partial charge on any atom is -0.492 e. The molecule has 0 radical (unpaired) electrons. The molecule has 2 rings (SSSR count). The zero-order valence-corrected chi connectivity index (χ0v) is 12.0. The molecule has 4 nitrogen and oxygen atoms in total. The van der Waals surface area contributed by atoms with Crippen LogP contribution in [0, 0.1) is 0 Å². The topological polar surface area (TPSA) is 41.7 Å². The predicted octanol–water partition coefficient (Wildman–Crippen LogP) is 1.67. The van der Waals surface area contributed by atoms with Gasteiger partial charge in [0.2, 0.25) is 0 Å². The van der Waals surface area contributed by atoms with E-state index in [1.54, 1.807) is 0 Å². The van der Waals surface area contributed by atoms with Crippen LogP contribution in [0.3, 0.4) is 0 Å². The summed E-state index contributed by atoms with van der Waals surface area (Å²) in [7, 11) is 0. The zero-order chi connectivity index (χ0) is 13.7. The molecule has 106 valence electrons. The van der Waals surface area contributed by atoms with Gasteiger partial charge < -0.3 is 10.5 Å². The van der Waals surface area contributed by atoms with Crippen LogP contribution in [0.2, 0.25) is 0 Å². The number of nitrogens with zero attached hydrogens (tertiary/aromatic N) is 2. The number of benzene rings is 1. The molecule has 2 N–H and O–H groups in total. The van der Waals surface area contributed by atoms with Crippen LogP contribution in [0.1, 0.15) is 13.8 Å². The molecular formula is C15H25N3O. The van der Waals surface area contributed by atoms with Crippen LogP contribution < -0.4 is 10.5 Å². The van der Waals surface area contributed by atoms with Crippen molar-refractivity contribution in [3.63, 3.8) is 0 Å². The monoisotopic (exact) mass is 263 g/mol. The van der Waals surface area contributed by atoms with Gasteiger partial charge in [-0.1, -0.05) is 6.92 Å². The van der Waals surface area contributed by atoms with Crippen molar-refractivity contribution in [1.29, 1.82) is 0 Å². The maximum atomic E-state index is 5.74. The maximum Gasteiger partial charge on any atom is 0.119 e. The lowest BCUT2D eigenvalue weighted by molar-refractivity contribution is 0.0781. The molecule has 0 spiro atoms. The normalized spacial score (nSPS) is 21.5. The van der Waals surface area contributed by atoms with Crippen LogP contribution in [-0.2, 0) is 0 Å². The van der Waals surface area contributed by atoms with E-state index in [0.717, 1.165) is 44.2 Å². The Bertz CT molecular complexity index is 379. The summed E-state index contributed by atoms with van der Waals surface area (Å²) in [4.78, 5) is 5.01. The largest absolute Gasteiger partial charge is 0.492 e. The van der Waals surface area contributed by atoms with E-state index in [9.17, 15) is 0 Å². The van der Waals surface area contributed by atoms with Crippen LogP contribution in [0.15, 0.2) is 24.3 Å². The van der Waals surface area contributed by atoms with Crippen LogP contribution in [0.4, 0.5) is 5.69 Å². The van der Waals surface area contributed by atoms with Crippen molar-refractivity contribution < 1.29 is 4.74 Å². The highest BCUT2D eigenvalue weighted by atomic mass is 16.5. The van der Waals surface area contributed by atoms with Crippen LogP contribution in [0.5, 0.6) is 5.75 Å². The van der Waals surface area contributed by atoms with E-state index >= 15 is 0 Å². The molecular weight excluding hydrogens is 238 g/mol. The molecule has 0 aliphatic carbocycles. The number of hydrogen-bond donors (Lipinski definition) is 1.